The molecule has 0 fully saturated rings. The van der Waals surface area contributed by atoms with Gasteiger partial charge in [0.2, 0.25) is 0 Å². The van der Waals surface area contributed by atoms with Crippen LogP contribution >= 0.6 is 0 Å². The van der Waals surface area contributed by atoms with Crippen LogP contribution in [0.15, 0.2) is 12.2 Å². The summed E-state index contributed by atoms with van der Waals surface area (Å²) in [7, 11) is 0. The average molecular weight is 1100 g/mol. The van der Waals surface area contributed by atoms with E-state index in [1.165, 1.54) is 315 Å². The van der Waals surface area contributed by atoms with Crippen LogP contribution in [0.5, 0.6) is 0 Å². The smallest absolute Gasteiger partial charge is 0.306 e. The van der Waals surface area contributed by atoms with Crippen molar-refractivity contribution in [1.29, 1.82) is 0 Å². The number of unbranched alkanes of at least 4 members (excludes halogenated alkanes) is 54. The van der Waals surface area contributed by atoms with Gasteiger partial charge in [0.25, 0.3) is 0 Å². The zero-order chi connectivity index (χ0) is 56.4. The lowest BCUT2D eigenvalue weighted by Gasteiger charge is -2.18. The maximum absolute atomic E-state index is 13.0. The lowest BCUT2D eigenvalue weighted by Crippen LogP contribution is -2.30. The summed E-state index contributed by atoms with van der Waals surface area (Å²) in [4.78, 5) is 38.4. The number of esters is 3. The molecule has 0 saturated heterocycles. The van der Waals surface area contributed by atoms with E-state index < -0.39 is 6.10 Å². The molecular formula is C72H138O6. The second kappa shape index (κ2) is 67.7. The number of hydrogen-bond donors (Lipinski definition) is 0. The van der Waals surface area contributed by atoms with E-state index in [0.717, 1.165) is 57.8 Å². The summed E-state index contributed by atoms with van der Waals surface area (Å²) < 4.78 is 17.0. The lowest BCUT2D eigenvalue weighted by molar-refractivity contribution is -0.167. The van der Waals surface area contributed by atoms with Crippen molar-refractivity contribution in [1.82, 2.24) is 0 Å². The van der Waals surface area contributed by atoms with Crippen molar-refractivity contribution in [3.63, 3.8) is 0 Å². The van der Waals surface area contributed by atoms with Gasteiger partial charge >= 0.3 is 17.9 Å². The van der Waals surface area contributed by atoms with Crippen molar-refractivity contribution in [2.24, 2.45) is 0 Å². The Kier molecular flexibility index (Phi) is 66.0. The third kappa shape index (κ3) is 65.0. The first-order valence-corrected chi connectivity index (χ1v) is 35.7. The molecule has 0 aromatic carbocycles. The van der Waals surface area contributed by atoms with Gasteiger partial charge in [-0.05, 0) is 44.9 Å². The number of hydrogen-bond acceptors (Lipinski definition) is 6. The van der Waals surface area contributed by atoms with E-state index in [4.69, 9.17) is 14.2 Å². The van der Waals surface area contributed by atoms with Crippen LogP contribution in [-0.4, -0.2) is 37.2 Å². The third-order valence-electron chi connectivity index (χ3n) is 16.5. The summed E-state index contributed by atoms with van der Waals surface area (Å²) >= 11 is 0. The molecule has 0 rings (SSSR count). The molecule has 0 saturated carbocycles. The van der Waals surface area contributed by atoms with Crippen LogP contribution in [0.4, 0.5) is 0 Å². The quantitative estimate of drug-likeness (QED) is 0.0261. The first-order valence-electron chi connectivity index (χ1n) is 35.7. The van der Waals surface area contributed by atoms with Crippen molar-refractivity contribution >= 4 is 17.9 Å². The second-order valence-corrected chi connectivity index (χ2v) is 24.5. The van der Waals surface area contributed by atoms with Gasteiger partial charge in [-0.1, -0.05) is 360 Å². The molecule has 78 heavy (non-hydrogen) atoms. The molecule has 0 radical (unpaired) electrons. The van der Waals surface area contributed by atoms with Gasteiger partial charge in [0.05, 0.1) is 0 Å². The van der Waals surface area contributed by atoms with E-state index in [0.29, 0.717) is 19.3 Å². The summed E-state index contributed by atoms with van der Waals surface area (Å²) in [6.45, 7) is 6.73. The Morgan fingerprint density at radius 1 is 0.244 bits per heavy atom. The SMILES string of the molecule is CCCCCCCCCC/C=C\CCCCCCCCCCCC(=O)OC(COC(=O)CCCCCCCCCCCCCCCCC)COC(=O)CCCCCCCCCCCCCCCCCCCCCCCCCC. The Hall–Kier alpha value is -1.85. The molecule has 0 bridgehead atoms. The fourth-order valence-electron chi connectivity index (χ4n) is 11.2. The van der Waals surface area contributed by atoms with Crippen LogP contribution in [0.1, 0.15) is 412 Å². The second-order valence-electron chi connectivity index (χ2n) is 24.5. The standard InChI is InChI=1S/C72H138O6/c1-4-7-10-13-16-19-22-25-28-30-32-34-35-36-38-39-41-44-47-50-53-56-59-62-65-71(74)77-68-69(67-76-70(73)64-61-58-55-52-49-46-43-27-24-21-18-15-12-9-6-3)78-72(75)66-63-60-57-54-51-48-45-42-40-37-33-31-29-26-23-20-17-14-11-8-5-2/h31,33,69H,4-30,32,34-68H2,1-3H3/b33-31-. The van der Waals surface area contributed by atoms with Crippen LogP contribution in [0.2, 0.25) is 0 Å². The first-order chi connectivity index (χ1) is 38.5. The monoisotopic (exact) mass is 1100 g/mol. The molecule has 0 aliphatic rings. The summed E-state index contributed by atoms with van der Waals surface area (Å²) in [5.74, 6) is -0.829. The van der Waals surface area contributed by atoms with Crippen molar-refractivity contribution in [2.45, 2.75) is 419 Å². The summed E-state index contributed by atoms with van der Waals surface area (Å²) in [6, 6.07) is 0. The van der Waals surface area contributed by atoms with Gasteiger partial charge in [0.15, 0.2) is 6.10 Å². The maximum atomic E-state index is 13.0. The lowest BCUT2D eigenvalue weighted by atomic mass is 10.0. The fourth-order valence-corrected chi connectivity index (χ4v) is 11.2. The molecule has 0 aliphatic heterocycles. The number of allylic oxidation sites excluding steroid dienone is 2. The molecule has 462 valence electrons. The molecule has 0 N–H and O–H groups in total. The van der Waals surface area contributed by atoms with Crippen molar-refractivity contribution < 1.29 is 28.6 Å². The highest BCUT2D eigenvalue weighted by molar-refractivity contribution is 5.71. The van der Waals surface area contributed by atoms with E-state index in [9.17, 15) is 14.4 Å². The van der Waals surface area contributed by atoms with Crippen LogP contribution in [0.25, 0.3) is 0 Å². The fraction of sp³-hybridized carbons (Fsp3) is 0.931. The minimum Gasteiger partial charge on any atom is -0.462 e. The molecule has 0 amide bonds. The summed E-state index contributed by atoms with van der Waals surface area (Å²) in [5.41, 5.74) is 0. The molecule has 1 atom stereocenters. The summed E-state index contributed by atoms with van der Waals surface area (Å²) in [5, 5.41) is 0. The van der Waals surface area contributed by atoms with E-state index in [1.807, 2.05) is 0 Å². The largest absolute Gasteiger partial charge is 0.462 e. The van der Waals surface area contributed by atoms with Gasteiger partial charge in [0, 0.05) is 19.3 Å². The zero-order valence-corrected chi connectivity index (χ0v) is 53.2. The number of ether oxygens (including phenoxy) is 3. The molecule has 0 heterocycles. The molecular weight excluding hydrogens is 961 g/mol. The van der Waals surface area contributed by atoms with Gasteiger partial charge < -0.3 is 14.2 Å². The highest BCUT2D eigenvalue weighted by Crippen LogP contribution is 2.19. The maximum Gasteiger partial charge on any atom is 0.306 e. The first kappa shape index (κ1) is 76.1. The molecule has 1 unspecified atom stereocenters. The predicted molar refractivity (Wildman–Crippen MR) is 340 cm³/mol. The predicted octanol–water partition coefficient (Wildman–Crippen LogP) is 24.4. The van der Waals surface area contributed by atoms with Gasteiger partial charge in [-0.2, -0.15) is 0 Å². The van der Waals surface area contributed by atoms with Crippen LogP contribution in [0, 0.1) is 0 Å². The molecule has 0 spiro atoms. The van der Waals surface area contributed by atoms with Gasteiger partial charge in [-0.25, -0.2) is 0 Å². The van der Waals surface area contributed by atoms with E-state index in [1.54, 1.807) is 0 Å². The number of carbonyl (C=O) groups excluding carboxylic acids is 3. The zero-order valence-electron chi connectivity index (χ0n) is 53.2. The molecule has 0 aliphatic carbocycles. The molecule has 6 heteroatoms. The van der Waals surface area contributed by atoms with Gasteiger partial charge in [0.1, 0.15) is 13.2 Å². The van der Waals surface area contributed by atoms with E-state index in [-0.39, 0.29) is 31.1 Å². The highest BCUT2D eigenvalue weighted by Gasteiger charge is 2.19. The van der Waals surface area contributed by atoms with Crippen molar-refractivity contribution in [3.05, 3.63) is 12.2 Å². The van der Waals surface area contributed by atoms with Crippen molar-refractivity contribution in [3.8, 4) is 0 Å². The average Bonchev–Trinajstić information content (AvgIpc) is 3.44. The third-order valence-corrected chi connectivity index (χ3v) is 16.5. The van der Waals surface area contributed by atoms with Crippen LogP contribution < -0.4 is 0 Å². The van der Waals surface area contributed by atoms with Crippen molar-refractivity contribution in [2.75, 3.05) is 13.2 Å². The Morgan fingerprint density at radius 2 is 0.423 bits per heavy atom. The molecule has 0 aromatic rings. The number of rotatable bonds is 67. The van der Waals surface area contributed by atoms with Gasteiger partial charge in [-0.3, -0.25) is 14.4 Å². The minimum atomic E-state index is -0.768. The Bertz CT molecular complexity index is 1210. The number of carbonyl (C=O) groups is 3. The van der Waals surface area contributed by atoms with Gasteiger partial charge in [-0.15, -0.1) is 0 Å². The summed E-state index contributed by atoms with van der Waals surface area (Å²) in [6.07, 6.45) is 81.0. The Labute approximate surface area is 488 Å². The molecule has 6 nitrogen and oxygen atoms in total. The minimum absolute atomic E-state index is 0.0637. The van der Waals surface area contributed by atoms with E-state index >= 15 is 0 Å². The topological polar surface area (TPSA) is 78.9 Å². The Balaban J connectivity index is 4.24. The van der Waals surface area contributed by atoms with Crippen LogP contribution in [0.3, 0.4) is 0 Å². The van der Waals surface area contributed by atoms with Crippen LogP contribution in [-0.2, 0) is 28.6 Å². The Morgan fingerprint density at radius 3 is 0.641 bits per heavy atom. The highest BCUT2D eigenvalue weighted by atomic mass is 16.6. The van der Waals surface area contributed by atoms with E-state index in [2.05, 4.69) is 32.9 Å². The normalized spacial score (nSPS) is 12.0. The molecule has 0 aromatic heterocycles.